The first kappa shape index (κ1) is 18.4. The molecular weight excluding hydrogens is 363 g/mol. The molecular formula is C19H23FN6O2. The average Bonchev–Trinajstić information content (AvgIpc) is 3.27. The standard InChI is InChI=1S/C19H23FN6O2/c1-24(2)18-21-13(9-17(27)23-18)10-25(3)14-6-7-26(11-14)19-22-15-8-12(20)4-5-16(15)28-19/h4-5,8-9,14H,6-7,10-11H2,1-3H3,(H,21,23,27)/t14-/m0/s1. The third kappa shape index (κ3) is 3.70. The van der Waals surface area contributed by atoms with Crippen LogP contribution >= 0.6 is 0 Å². The first-order valence-electron chi connectivity index (χ1n) is 9.18. The predicted octanol–water partition coefficient (Wildman–Crippen LogP) is 1.83. The van der Waals surface area contributed by atoms with Gasteiger partial charge in [0.1, 0.15) is 11.3 Å². The Kier molecular flexibility index (Phi) is 4.76. The SMILES string of the molecule is CN(C)c1nc(CN(C)[C@H]2CCN(c3nc4cc(F)ccc4o3)C2)cc(=O)[nH]1. The van der Waals surface area contributed by atoms with Crippen LogP contribution in [0.25, 0.3) is 11.1 Å². The highest BCUT2D eigenvalue weighted by Gasteiger charge is 2.29. The van der Waals surface area contributed by atoms with Gasteiger partial charge in [-0.3, -0.25) is 14.7 Å². The number of fused-ring (bicyclic) bond motifs is 1. The van der Waals surface area contributed by atoms with Crippen LogP contribution in [0, 0.1) is 5.82 Å². The van der Waals surface area contributed by atoms with Gasteiger partial charge in [-0.1, -0.05) is 0 Å². The number of oxazole rings is 1. The van der Waals surface area contributed by atoms with Crippen LogP contribution in [0.4, 0.5) is 16.4 Å². The molecule has 0 bridgehead atoms. The largest absolute Gasteiger partial charge is 0.423 e. The van der Waals surface area contributed by atoms with Crippen molar-refractivity contribution in [3.8, 4) is 0 Å². The molecule has 2 aromatic heterocycles. The average molecular weight is 386 g/mol. The quantitative estimate of drug-likeness (QED) is 0.716. The summed E-state index contributed by atoms with van der Waals surface area (Å²) in [6.45, 7) is 2.12. The van der Waals surface area contributed by atoms with Gasteiger partial charge in [-0.25, -0.2) is 9.37 Å². The topological polar surface area (TPSA) is 81.5 Å². The number of nitrogens with zero attached hydrogens (tertiary/aromatic N) is 5. The van der Waals surface area contributed by atoms with E-state index in [1.807, 2.05) is 21.1 Å². The highest BCUT2D eigenvalue weighted by atomic mass is 19.1. The van der Waals surface area contributed by atoms with Crippen molar-refractivity contribution in [3.05, 3.63) is 46.1 Å². The maximum absolute atomic E-state index is 13.4. The smallest absolute Gasteiger partial charge is 0.298 e. The summed E-state index contributed by atoms with van der Waals surface area (Å²) < 4.78 is 19.1. The lowest BCUT2D eigenvalue weighted by Gasteiger charge is -2.24. The summed E-state index contributed by atoms with van der Waals surface area (Å²) in [5.74, 6) is 0.219. The Hall–Kier alpha value is -2.94. The number of halogens is 1. The van der Waals surface area contributed by atoms with E-state index in [0.29, 0.717) is 29.6 Å². The van der Waals surface area contributed by atoms with E-state index in [-0.39, 0.29) is 17.4 Å². The molecule has 1 atom stereocenters. The third-order valence-electron chi connectivity index (χ3n) is 5.01. The second-order valence-electron chi connectivity index (χ2n) is 7.37. The Labute approximate surface area is 161 Å². The van der Waals surface area contributed by atoms with Crippen molar-refractivity contribution >= 4 is 23.1 Å². The molecule has 28 heavy (non-hydrogen) atoms. The summed E-state index contributed by atoms with van der Waals surface area (Å²) >= 11 is 0. The molecule has 3 heterocycles. The number of aromatic amines is 1. The Bertz CT molecular complexity index is 1050. The fourth-order valence-electron chi connectivity index (χ4n) is 3.47. The van der Waals surface area contributed by atoms with Gasteiger partial charge in [0.05, 0.1) is 5.69 Å². The van der Waals surface area contributed by atoms with Crippen LogP contribution in [0.15, 0.2) is 33.5 Å². The van der Waals surface area contributed by atoms with E-state index in [9.17, 15) is 9.18 Å². The number of nitrogens with one attached hydrogen (secondary N) is 1. The zero-order chi connectivity index (χ0) is 19.8. The van der Waals surface area contributed by atoms with Crippen LogP contribution in [-0.2, 0) is 6.54 Å². The van der Waals surface area contributed by atoms with Crippen LogP contribution in [0.3, 0.4) is 0 Å². The highest BCUT2D eigenvalue weighted by Crippen LogP contribution is 2.27. The molecule has 1 aromatic carbocycles. The van der Waals surface area contributed by atoms with Gasteiger partial charge < -0.3 is 14.2 Å². The number of hydrogen-bond donors (Lipinski definition) is 1. The summed E-state index contributed by atoms with van der Waals surface area (Å²) in [6.07, 6.45) is 0.938. The monoisotopic (exact) mass is 386 g/mol. The van der Waals surface area contributed by atoms with E-state index >= 15 is 0 Å². The van der Waals surface area contributed by atoms with Crippen molar-refractivity contribution in [1.82, 2.24) is 19.9 Å². The first-order chi connectivity index (χ1) is 13.4. The molecule has 4 rings (SSSR count). The highest BCUT2D eigenvalue weighted by molar-refractivity contribution is 5.74. The molecule has 0 unspecified atom stereocenters. The third-order valence-corrected chi connectivity index (χ3v) is 5.01. The molecule has 1 saturated heterocycles. The van der Waals surface area contributed by atoms with E-state index in [1.54, 1.807) is 11.0 Å². The van der Waals surface area contributed by atoms with Crippen LogP contribution in [0.2, 0.25) is 0 Å². The van der Waals surface area contributed by atoms with Crippen molar-refractivity contribution < 1.29 is 8.81 Å². The summed E-state index contributed by atoms with van der Waals surface area (Å²) in [4.78, 5) is 29.5. The van der Waals surface area contributed by atoms with E-state index in [0.717, 1.165) is 25.2 Å². The molecule has 0 radical (unpaired) electrons. The van der Waals surface area contributed by atoms with Crippen molar-refractivity contribution in [2.45, 2.75) is 19.0 Å². The van der Waals surface area contributed by atoms with E-state index < -0.39 is 0 Å². The van der Waals surface area contributed by atoms with Gasteiger partial charge in [-0.05, 0) is 25.6 Å². The van der Waals surface area contributed by atoms with Gasteiger partial charge in [0.2, 0.25) is 5.95 Å². The Morgan fingerprint density at radius 1 is 1.29 bits per heavy atom. The second kappa shape index (κ2) is 7.23. The lowest BCUT2D eigenvalue weighted by atomic mass is 10.2. The van der Waals surface area contributed by atoms with Gasteiger partial charge in [-0.2, -0.15) is 4.98 Å². The minimum atomic E-state index is -0.325. The zero-order valence-corrected chi connectivity index (χ0v) is 16.1. The van der Waals surface area contributed by atoms with Crippen LogP contribution in [0.5, 0.6) is 0 Å². The van der Waals surface area contributed by atoms with E-state index in [1.165, 1.54) is 18.2 Å². The first-order valence-corrected chi connectivity index (χ1v) is 9.18. The van der Waals surface area contributed by atoms with Crippen LogP contribution in [-0.4, -0.2) is 60.1 Å². The number of hydrogen-bond acceptors (Lipinski definition) is 7. The molecule has 1 aliphatic heterocycles. The maximum Gasteiger partial charge on any atom is 0.298 e. The van der Waals surface area contributed by atoms with E-state index in [4.69, 9.17) is 4.42 Å². The van der Waals surface area contributed by atoms with Gasteiger partial charge in [0.15, 0.2) is 5.58 Å². The molecule has 0 spiro atoms. The maximum atomic E-state index is 13.4. The number of H-pyrrole nitrogens is 1. The van der Waals surface area contributed by atoms with E-state index in [2.05, 4.69) is 24.8 Å². The minimum Gasteiger partial charge on any atom is -0.423 e. The number of rotatable bonds is 5. The normalized spacial score (nSPS) is 17.0. The second-order valence-corrected chi connectivity index (χ2v) is 7.37. The lowest BCUT2D eigenvalue weighted by Crippen LogP contribution is -2.35. The number of benzene rings is 1. The summed E-state index contributed by atoms with van der Waals surface area (Å²) in [7, 11) is 5.70. The Morgan fingerprint density at radius 2 is 2.11 bits per heavy atom. The molecule has 1 fully saturated rings. The Balaban J connectivity index is 1.45. The van der Waals surface area contributed by atoms with Crippen LogP contribution < -0.4 is 15.4 Å². The van der Waals surface area contributed by atoms with Crippen LogP contribution in [0.1, 0.15) is 12.1 Å². The number of aromatic nitrogens is 3. The predicted molar refractivity (Wildman–Crippen MR) is 105 cm³/mol. The minimum absolute atomic E-state index is 0.158. The fraction of sp³-hybridized carbons (Fsp3) is 0.421. The number of anilines is 2. The molecule has 0 amide bonds. The molecule has 1 N–H and O–H groups in total. The van der Waals surface area contributed by atoms with Crippen molar-refractivity contribution in [2.24, 2.45) is 0 Å². The molecule has 148 valence electrons. The molecule has 0 aliphatic carbocycles. The van der Waals surface area contributed by atoms with Gasteiger partial charge in [0.25, 0.3) is 11.6 Å². The molecule has 0 saturated carbocycles. The fourth-order valence-corrected chi connectivity index (χ4v) is 3.47. The van der Waals surface area contributed by atoms with Crippen molar-refractivity contribution in [3.63, 3.8) is 0 Å². The summed E-state index contributed by atoms with van der Waals surface area (Å²) in [5.41, 5.74) is 1.67. The number of likely N-dealkylation sites (N-methyl/N-ethyl adjacent to an activating group) is 1. The van der Waals surface area contributed by atoms with Gasteiger partial charge in [-0.15, -0.1) is 0 Å². The molecule has 8 nitrogen and oxygen atoms in total. The summed E-state index contributed by atoms with van der Waals surface area (Å²) in [6, 6.07) is 6.67. The summed E-state index contributed by atoms with van der Waals surface area (Å²) in [5, 5.41) is 0. The molecule has 9 heteroatoms. The molecule has 3 aromatic rings. The molecule has 1 aliphatic rings. The lowest BCUT2D eigenvalue weighted by molar-refractivity contribution is 0.247. The van der Waals surface area contributed by atoms with Gasteiger partial charge in [0, 0.05) is 51.9 Å². The Morgan fingerprint density at radius 3 is 2.89 bits per heavy atom. The van der Waals surface area contributed by atoms with Gasteiger partial charge >= 0.3 is 0 Å². The van der Waals surface area contributed by atoms with Crippen molar-refractivity contribution in [1.29, 1.82) is 0 Å². The van der Waals surface area contributed by atoms with Crippen molar-refractivity contribution in [2.75, 3.05) is 44.0 Å². The zero-order valence-electron chi connectivity index (χ0n) is 16.1.